The van der Waals surface area contributed by atoms with Crippen molar-refractivity contribution in [3.63, 3.8) is 0 Å². The number of thiophene rings is 1. The van der Waals surface area contributed by atoms with Gasteiger partial charge < -0.3 is 4.42 Å². The Balaban J connectivity index is 1.44. The van der Waals surface area contributed by atoms with Crippen molar-refractivity contribution >= 4 is 49.2 Å². The predicted molar refractivity (Wildman–Crippen MR) is 122 cm³/mol. The van der Waals surface area contributed by atoms with Crippen molar-refractivity contribution in [2.45, 2.75) is 43.0 Å². The molecule has 3 aromatic rings. The topological polar surface area (TPSA) is 105 Å². The summed E-state index contributed by atoms with van der Waals surface area (Å²) in [6.45, 7) is 0. The van der Waals surface area contributed by atoms with Crippen LogP contribution in [-0.4, -0.2) is 41.9 Å². The van der Waals surface area contributed by atoms with E-state index in [-0.39, 0.29) is 22.5 Å². The first-order valence-corrected chi connectivity index (χ1v) is 12.9. The minimum atomic E-state index is -3.61. The molecule has 2 aromatic heterocycles. The molecule has 2 heterocycles. The lowest BCUT2D eigenvalue weighted by atomic mass is 9.96. The third-order valence-electron chi connectivity index (χ3n) is 5.31. The number of hydrogen-bond acceptors (Lipinski definition) is 7. The maximum atomic E-state index is 12.9. The molecule has 1 fully saturated rings. The van der Waals surface area contributed by atoms with Gasteiger partial charge in [0, 0.05) is 18.7 Å². The largest absolute Gasteiger partial charge is 0.402 e. The van der Waals surface area contributed by atoms with E-state index in [2.05, 4.69) is 31.4 Å². The summed E-state index contributed by atoms with van der Waals surface area (Å²) in [6, 6.07) is 9.55. The van der Waals surface area contributed by atoms with E-state index in [1.807, 2.05) is 12.1 Å². The van der Waals surface area contributed by atoms with Crippen molar-refractivity contribution in [3.8, 4) is 10.8 Å². The average molecular weight is 525 g/mol. The number of aromatic nitrogens is 2. The van der Waals surface area contributed by atoms with Gasteiger partial charge in [0.05, 0.1) is 13.6 Å². The van der Waals surface area contributed by atoms with E-state index < -0.39 is 15.9 Å². The monoisotopic (exact) mass is 524 g/mol. The lowest BCUT2D eigenvalue weighted by Crippen LogP contribution is -2.38. The van der Waals surface area contributed by atoms with E-state index in [1.165, 1.54) is 39.9 Å². The highest BCUT2D eigenvalue weighted by Gasteiger charge is 2.29. The predicted octanol–water partition coefficient (Wildman–Crippen LogP) is 4.77. The van der Waals surface area contributed by atoms with Crippen LogP contribution in [0.2, 0.25) is 0 Å². The summed E-state index contributed by atoms with van der Waals surface area (Å²) in [7, 11) is -1.98. The molecule has 31 heavy (non-hydrogen) atoms. The molecule has 164 valence electrons. The Bertz CT molecular complexity index is 1170. The molecule has 1 N–H and O–H groups in total. The van der Waals surface area contributed by atoms with Gasteiger partial charge in [-0.1, -0.05) is 24.4 Å². The molecule has 0 saturated heterocycles. The summed E-state index contributed by atoms with van der Waals surface area (Å²) >= 11 is 4.80. The highest BCUT2D eigenvalue weighted by Crippen LogP contribution is 2.31. The first-order chi connectivity index (χ1) is 14.8. The van der Waals surface area contributed by atoms with Crippen LogP contribution < -0.4 is 5.32 Å². The number of rotatable bonds is 6. The summed E-state index contributed by atoms with van der Waals surface area (Å²) in [5, 5.41) is 10.3. The first kappa shape index (κ1) is 22.1. The number of sulfonamides is 1. The van der Waals surface area contributed by atoms with E-state index in [0.717, 1.165) is 40.8 Å². The number of halogens is 1. The second-order valence-corrected chi connectivity index (χ2v) is 11.8. The quantitative estimate of drug-likeness (QED) is 0.497. The minimum Gasteiger partial charge on any atom is -0.402 e. The van der Waals surface area contributed by atoms with E-state index in [4.69, 9.17) is 4.42 Å². The van der Waals surface area contributed by atoms with Crippen LogP contribution in [0.4, 0.5) is 6.01 Å². The van der Waals surface area contributed by atoms with E-state index in [0.29, 0.717) is 5.89 Å². The van der Waals surface area contributed by atoms with Crippen LogP contribution in [0, 0.1) is 0 Å². The molecule has 0 unspecified atom stereocenters. The van der Waals surface area contributed by atoms with Crippen LogP contribution in [0.15, 0.2) is 49.5 Å². The Morgan fingerprint density at radius 1 is 1.13 bits per heavy atom. The van der Waals surface area contributed by atoms with Crippen molar-refractivity contribution in [1.29, 1.82) is 0 Å². The lowest BCUT2D eigenvalue weighted by Gasteiger charge is -2.30. The summed E-state index contributed by atoms with van der Waals surface area (Å²) in [5.74, 6) is -0.162. The lowest BCUT2D eigenvalue weighted by molar-refractivity contribution is 0.102. The molecule has 1 aromatic carbocycles. The fourth-order valence-corrected chi connectivity index (χ4v) is 6.28. The Kier molecular flexibility index (Phi) is 6.56. The smallest absolute Gasteiger partial charge is 0.322 e. The van der Waals surface area contributed by atoms with E-state index in [1.54, 1.807) is 7.05 Å². The molecule has 0 aliphatic heterocycles. The zero-order valence-corrected chi connectivity index (χ0v) is 20.0. The fraction of sp³-hybridized carbons (Fsp3) is 0.350. The van der Waals surface area contributed by atoms with Gasteiger partial charge in [-0.15, -0.1) is 16.4 Å². The van der Waals surface area contributed by atoms with Gasteiger partial charge in [0.2, 0.25) is 10.0 Å². The van der Waals surface area contributed by atoms with Gasteiger partial charge in [0.15, 0.2) is 0 Å². The maximum Gasteiger partial charge on any atom is 0.322 e. The van der Waals surface area contributed by atoms with Gasteiger partial charge in [0.1, 0.15) is 0 Å². The Labute approximate surface area is 192 Å². The Morgan fingerprint density at radius 2 is 1.84 bits per heavy atom. The highest BCUT2D eigenvalue weighted by atomic mass is 79.9. The number of anilines is 1. The maximum absolute atomic E-state index is 12.9. The van der Waals surface area contributed by atoms with E-state index >= 15 is 0 Å². The fourth-order valence-electron chi connectivity index (χ4n) is 3.56. The van der Waals surface area contributed by atoms with Gasteiger partial charge in [-0.2, -0.15) is 4.31 Å². The SMILES string of the molecule is CN(C1CCCCC1)S(=O)(=O)c1ccc(C(=O)Nc2nnc(-c3ccc(Br)s3)o2)cc1. The average Bonchev–Trinajstić information content (AvgIpc) is 3.42. The number of carbonyl (C=O) groups excluding carboxylic acids is 1. The minimum absolute atomic E-state index is 0.0254. The number of nitrogens with zero attached hydrogens (tertiary/aromatic N) is 3. The molecule has 0 spiro atoms. The molecular weight excluding hydrogens is 504 g/mol. The molecule has 1 amide bonds. The Hall–Kier alpha value is -2.08. The number of hydrogen-bond donors (Lipinski definition) is 1. The second-order valence-electron chi connectivity index (χ2n) is 7.31. The van der Waals surface area contributed by atoms with Crippen molar-refractivity contribution in [2.75, 3.05) is 12.4 Å². The number of benzene rings is 1. The zero-order chi connectivity index (χ0) is 22.0. The molecule has 0 atom stereocenters. The van der Waals surface area contributed by atoms with Gasteiger partial charge >= 0.3 is 6.01 Å². The van der Waals surface area contributed by atoms with Crippen molar-refractivity contribution < 1.29 is 17.6 Å². The van der Waals surface area contributed by atoms with Crippen molar-refractivity contribution in [3.05, 3.63) is 45.7 Å². The number of carbonyl (C=O) groups is 1. The van der Waals surface area contributed by atoms with Crippen LogP contribution in [-0.2, 0) is 10.0 Å². The summed E-state index contributed by atoms with van der Waals surface area (Å²) in [6.07, 6.45) is 5.01. The van der Waals surface area contributed by atoms with Gasteiger partial charge in [-0.05, 0) is 65.2 Å². The third kappa shape index (κ3) is 4.89. The van der Waals surface area contributed by atoms with Crippen LogP contribution in [0.25, 0.3) is 10.8 Å². The molecule has 0 bridgehead atoms. The number of amides is 1. The molecule has 1 aliphatic carbocycles. The third-order valence-corrected chi connectivity index (χ3v) is 8.85. The van der Waals surface area contributed by atoms with Crippen LogP contribution in [0.1, 0.15) is 42.5 Å². The molecule has 1 saturated carbocycles. The normalized spacial score (nSPS) is 15.3. The van der Waals surface area contributed by atoms with Crippen molar-refractivity contribution in [1.82, 2.24) is 14.5 Å². The van der Waals surface area contributed by atoms with E-state index in [9.17, 15) is 13.2 Å². The summed E-state index contributed by atoms with van der Waals surface area (Å²) < 4.78 is 33.7. The van der Waals surface area contributed by atoms with Gasteiger partial charge in [0.25, 0.3) is 11.8 Å². The van der Waals surface area contributed by atoms with Crippen molar-refractivity contribution in [2.24, 2.45) is 0 Å². The number of nitrogens with one attached hydrogen (secondary N) is 1. The van der Waals surface area contributed by atoms with Crippen LogP contribution >= 0.6 is 27.3 Å². The van der Waals surface area contributed by atoms with Gasteiger partial charge in [-0.3, -0.25) is 10.1 Å². The Morgan fingerprint density at radius 3 is 2.48 bits per heavy atom. The highest BCUT2D eigenvalue weighted by molar-refractivity contribution is 9.11. The standard InChI is InChI=1S/C20H21BrN4O4S2/c1-25(14-5-3-2-4-6-14)31(27,28)15-9-7-13(8-10-15)18(26)22-20-24-23-19(29-20)16-11-12-17(21)30-16/h7-12,14H,2-6H2,1H3,(H,22,24,26). The zero-order valence-electron chi connectivity index (χ0n) is 16.7. The summed E-state index contributed by atoms with van der Waals surface area (Å²) in [5.41, 5.74) is 0.290. The van der Waals surface area contributed by atoms with Gasteiger partial charge in [-0.25, -0.2) is 8.42 Å². The molecule has 1 aliphatic rings. The molecule has 11 heteroatoms. The molecule has 4 rings (SSSR count). The molecule has 0 radical (unpaired) electrons. The summed E-state index contributed by atoms with van der Waals surface area (Å²) in [4.78, 5) is 13.4. The van der Waals surface area contributed by atoms with Crippen LogP contribution in [0.5, 0.6) is 0 Å². The first-order valence-electron chi connectivity index (χ1n) is 9.83. The second kappa shape index (κ2) is 9.19. The molecule has 8 nitrogen and oxygen atoms in total. The van der Waals surface area contributed by atoms with Crippen LogP contribution in [0.3, 0.4) is 0 Å². The molecular formula is C20H21BrN4O4S2.